The first-order valence-electron chi connectivity index (χ1n) is 7.60. The summed E-state index contributed by atoms with van der Waals surface area (Å²) >= 11 is 0. The Morgan fingerprint density at radius 2 is 1.18 bits per heavy atom. The minimum absolute atomic E-state index is 0.0293. The highest BCUT2D eigenvalue weighted by Gasteiger charge is 2.33. The van der Waals surface area contributed by atoms with Gasteiger partial charge in [0.25, 0.3) is 0 Å². The van der Waals surface area contributed by atoms with Crippen LogP contribution in [0.3, 0.4) is 0 Å². The molecule has 0 spiro atoms. The second kappa shape index (κ2) is 7.18. The summed E-state index contributed by atoms with van der Waals surface area (Å²) in [7, 11) is 0. The van der Waals surface area contributed by atoms with Crippen molar-refractivity contribution in [1.82, 2.24) is 0 Å². The van der Waals surface area contributed by atoms with E-state index in [1.165, 1.54) is 51.4 Å². The van der Waals surface area contributed by atoms with Gasteiger partial charge in [-0.3, -0.25) is 4.79 Å². The molecular weight excluding hydrogens is 208 g/mol. The zero-order chi connectivity index (χ0) is 12.7. The normalized spacial score (nSPS) is 23.1. The van der Waals surface area contributed by atoms with E-state index in [0.29, 0.717) is 5.78 Å². The molecule has 1 aliphatic carbocycles. The van der Waals surface area contributed by atoms with Gasteiger partial charge in [-0.05, 0) is 12.8 Å². The van der Waals surface area contributed by atoms with E-state index in [0.717, 1.165) is 12.8 Å². The van der Waals surface area contributed by atoms with E-state index in [1.807, 2.05) is 0 Å². The Labute approximate surface area is 107 Å². The highest BCUT2D eigenvalue weighted by Crippen LogP contribution is 2.35. The lowest BCUT2D eigenvalue weighted by molar-refractivity contribution is -0.132. The zero-order valence-corrected chi connectivity index (χ0v) is 12.1. The van der Waals surface area contributed by atoms with Gasteiger partial charge < -0.3 is 0 Å². The molecule has 1 fully saturated rings. The fraction of sp³-hybridized carbons (Fsp3) is 0.938. The predicted octanol–water partition coefficient (Wildman–Crippen LogP) is 5.13. The first kappa shape index (κ1) is 14.7. The SMILES string of the molecule is CC(C)C(=O)C1(C)CCCCCCCCCC1. The molecule has 1 nitrogen and oxygen atoms in total. The molecule has 1 rings (SSSR count). The van der Waals surface area contributed by atoms with E-state index < -0.39 is 0 Å². The lowest BCUT2D eigenvalue weighted by Gasteiger charge is -2.30. The minimum Gasteiger partial charge on any atom is -0.299 e. The van der Waals surface area contributed by atoms with E-state index >= 15 is 0 Å². The van der Waals surface area contributed by atoms with Crippen molar-refractivity contribution < 1.29 is 4.79 Å². The number of rotatable bonds is 2. The van der Waals surface area contributed by atoms with Gasteiger partial charge in [0.05, 0.1) is 0 Å². The largest absolute Gasteiger partial charge is 0.299 e. The molecule has 0 aromatic rings. The Bertz CT molecular complexity index is 218. The van der Waals surface area contributed by atoms with E-state index in [9.17, 15) is 4.79 Å². The van der Waals surface area contributed by atoms with Crippen molar-refractivity contribution in [3.8, 4) is 0 Å². The maximum absolute atomic E-state index is 12.4. The summed E-state index contributed by atoms with van der Waals surface area (Å²) in [6.45, 7) is 6.32. The molecule has 0 heterocycles. The zero-order valence-electron chi connectivity index (χ0n) is 12.1. The third-order valence-electron chi connectivity index (χ3n) is 4.33. The van der Waals surface area contributed by atoms with Crippen molar-refractivity contribution in [1.29, 1.82) is 0 Å². The number of carbonyl (C=O) groups is 1. The van der Waals surface area contributed by atoms with Crippen LogP contribution in [0, 0.1) is 11.3 Å². The quantitative estimate of drug-likeness (QED) is 0.651. The van der Waals surface area contributed by atoms with Gasteiger partial charge in [0.2, 0.25) is 0 Å². The highest BCUT2D eigenvalue weighted by molar-refractivity contribution is 5.86. The van der Waals surface area contributed by atoms with E-state index in [4.69, 9.17) is 0 Å². The maximum atomic E-state index is 12.4. The van der Waals surface area contributed by atoms with Gasteiger partial charge in [0, 0.05) is 11.3 Å². The molecule has 0 aliphatic heterocycles. The Kier molecular flexibility index (Phi) is 6.22. The van der Waals surface area contributed by atoms with Crippen molar-refractivity contribution in [3.05, 3.63) is 0 Å². The number of hydrogen-bond donors (Lipinski definition) is 0. The standard InChI is InChI=1S/C16H30O/c1-14(2)15(17)16(3)12-10-8-6-4-5-7-9-11-13-16/h14H,4-13H2,1-3H3. The Hall–Kier alpha value is -0.330. The molecule has 0 atom stereocenters. The van der Waals surface area contributed by atoms with Gasteiger partial charge in [-0.25, -0.2) is 0 Å². The Morgan fingerprint density at radius 1 is 0.824 bits per heavy atom. The summed E-state index contributed by atoms with van der Waals surface area (Å²) in [5, 5.41) is 0. The van der Waals surface area contributed by atoms with E-state index in [1.54, 1.807) is 0 Å². The third-order valence-corrected chi connectivity index (χ3v) is 4.33. The van der Waals surface area contributed by atoms with Gasteiger partial charge >= 0.3 is 0 Å². The van der Waals surface area contributed by atoms with Gasteiger partial charge in [0.1, 0.15) is 5.78 Å². The summed E-state index contributed by atoms with van der Waals surface area (Å²) in [4.78, 5) is 12.4. The molecule has 1 saturated carbocycles. The number of carbonyl (C=O) groups excluding carboxylic acids is 1. The smallest absolute Gasteiger partial charge is 0.141 e. The summed E-state index contributed by atoms with van der Waals surface area (Å²) in [5.41, 5.74) is -0.0293. The van der Waals surface area contributed by atoms with Crippen molar-refractivity contribution in [2.24, 2.45) is 11.3 Å². The van der Waals surface area contributed by atoms with Crippen LogP contribution in [-0.2, 0) is 4.79 Å². The van der Waals surface area contributed by atoms with Crippen LogP contribution in [0.5, 0.6) is 0 Å². The lowest BCUT2D eigenvalue weighted by Crippen LogP contribution is -2.31. The van der Waals surface area contributed by atoms with Crippen molar-refractivity contribution >= 4 is 5.78 Å². The molecule has 0 radical (unpaired) electrons. The van der Waals surface area contributed by atoms with Gasteiger partial charge in [-0.1, -0.05) is 72.1 Å². The van der Waals surface area contributed by atoms with Crippen LogP contribution >= 0.6 is 0 Å². The van der Waals surface area contributed by atoms with Crippen LogP contribution in [-0.4, -0.2) is 5.78 Å². The first-order valence-corrected chi connectivity index (χ1v) is 7.60. The van der Waals surface area contributed by atoms with Crippen LogP contribution < -0.4 is 0 Å². The number of Topliss-reactive ketones (excluding diaryl/α,β-unsaturated/α-hetero) is 1. The molecule has 0 saturated heterocycles. The molecule has 100 valence electrons. The van der Waals surface area contributed by atoms with Crippen LogP contribution in [0.4, 0.5) is 0 Å². The molecule has 0 bridgehead atoms. The fourth-order valence-corrected chi connectivity index (χ4v) is 3.16. The molecule has 0 amide bonds. The molecule has 0 N–H and O–H groups in total. The second-order valence-corrected chi connectivity index (χ2v) is 6.41. The van der Waals surface area contributed by atoms with Crippen molar-refractivity contribution in [3.63, 3.8) is 0 Å². The minimum atomic E-state index is -0.0293. The maximum Gasteiger partial charge on any atom is 0.141 e. The fourth-order valence-electron chi connectivity index (χ4n) is 3.16. The molecule has 0 aromatic carbocycles. The highest BCUT2D eigenvalue weighted by atomic mass is 16.1. The topological polar surface area (TPSA) is 17.1 Å². The molecule has 0 unspecified atom stereocenters. The van der Waals surface area contributed by atoms with E-state index in [2.05, 4.69) is 20.8 Å². The third kappa shape index (κ3) is 4.81. The van der Waals surface area contributed by atoms with Crippen LogP contribution in [0.15, 0.2) is 0 Å². The average molecular weight is 238 g/mol. The Morgan fingerprint density at radius 3 is 1.53 bits per heavy atom. The number of ketones is 1. The monoisotopic (exact) mass is 238 g/mol. The predicted molar refractivity (Wildman–Crippen MR) is 74.1 cm³/mol. The summed E-state index contributed by atoms with van der Waals surface area (Å²) in [6, 6.07) is 0. The first-order chi connectivity index (χ1) is 8.06. The second-order valence-electron chi connectivity index (χ2n) is 6.41. The average Bonchev–Trinajstić information content (AvgIpc) is 2.34. The Balaban J connectivity index is 2.60. The van der Waals surface area contributed by atoms with Crippen molar-refractivity contribution in [2.45, 2.75) is 85.0 Å². The number of hydrogen-bond acceptors (Lipinski definition) is 1. The molecule has 1 aliphatic rings. The van der Waals surface area contributed by atoms with Gasteiger partial charge in [0.15, 0.2) is 0 Å². The van der Waals surface area contributed by atoms with Crippen LogP contribution in [0.25, 0.3) is 0 Å². The summed E-state index contributed by atoms with van der Waals surface area (Å²) < 4.78 is 0. The lowest BCUT2D eigenvalue weighted by atomic mass is 9.73. The van der Waals surface area contributed by atoms with Crippen LogP contribution in [0.2, 0.25) is 0 Å². The summed E-state index contributed by atoms with van der Waals surface area (Å²) in [5.74, 6) is 0.696. The van der Waals surface area contributed by atoms with Gasteiger partial charge in [-0.2, -0.15) is 0 Å². The molecule has 1 heteroatoms. The van der Waals surface area contributed by atoms with Gasteiger partial charge in [-0.15, -0.1) is 0 Å². The van der Waals surface area contributed by atoms with Crippen molar-refractivity contribution in [2.75, 3.05) is 0 Å². The molecule has 0 aromatic heterocycles. The molecular formula is C16H30O. The van der Waals surface area contributed by atoms with E-state index in [-0.39, 0.29) is 11.3 Å². The molecule has 17 heavy (non-hydrogen) atoms. The summed E-state index contributed by atoms with van der Waals surface area (Å²) in [6.07, 6.45) is 12.9. The van der Waals surface area contributed by atoms with Crippen LogP contribution in [0.1, 0.15) is 85.0 Å².